The van der Waals surface area contributed by atoms with E-state index in [1.165, 1.54) is 0 Å². The molecular formula is C17H22BrN5OS. The van der Waals surface area contributed by atoms with Crippen LogP contribution in [-0.4, -0.2) is 53.5 Å². The summed E-state index contributed by atoms with van der Waals surface area (Å²) in [5.41, 5.74) is 0.990. The van der Waals surface area contributed by atoms with E-state index in [-0.39, 0.29) is 5.91 Å². The van der Waals surface area contributed by atoms with E-state index in [0.29, 0.717) is 13.1 Å². The summed E-state index contributed by atoms with van der Waals surface area (Å²) in [4.78, 5) is 26.6. The predicted octanol–water partition coefficient (Wildman–Crippen LogP) is 2.36. The fraction of sp³-hybridized carbons (Fsp3) is 0.471. The lowest BCUT2D eigenvalue weighted by Gasteiger charge is -2.35. The highest BCUT2D eigenvalue weighted by Gasteiger charge is 2.20. The third-order valence-corrected chi connectivity index (χ3v) is 5.80. The van der Waals surface area contributed by atoms with Gasteiger partial charge < -0.3 is 10.2 Å². The molecule has 1 fully saturated rings. The highest BCUT2D eigenvalue weighted by molar-refractivity contribution is 9.10. The molecule has 134 valence electrons. The fourth-order valence-electron chi connectivity index (χ4n) is 2.89. The molecular weight excluding hydrogens is 402 g/mol. The Labute approximate surface area is 160 Å². The third-order valence-electron chi connectivity index (χ3n) is 4.10. The Morgan fingerprint density at radius 3 is 2.64 bits per heavy atom. The number of carbonyl (C=O) groups is 1. The molecule has 2 aromatic heterocycles. The minimum atomic E-state index is 0.0756. The smallest absolute Gasteiger partial charge is 0.234 e. The summed E-state index contributed by atoms with van der Waals surface area (Å²) in [7, 11) is 0. The quantitative estimate of drug-likeness (QED) is 0.799. The molecule has 0 saturated carbocycles. The number of hydrogen-bond acceptors (Lipinski definition) is 6. The number of aryl methyl sites for hydroxylation is 2. The van der Waals surface area contributed by atoms with Crippen LogP contribution in [0, 0.1) is 13.8 Å². The van der Waals surface area contributed by atoms with E-state index < -0.39 is 0 Å². The molecule has 1 amide bonds. The van der Waals surface area contributed by atoms with Crippen molar-refractivity contribution in [2.24, 2.45) is 0 Å². The van der Waals surface area contributed by atoms with Gasteiger partial charge in [-0.3, -0.25) is 9.69 Å². The van der Waals surface area contributed by atoms with Gasteiger partial charge in [0.05, 0.1) is 13.1 Å². The van der Waals surface area contributed by atoms with E-state index in [9.17, 15) is 4.79 Å². The van der Waals surface area contributed by atoms with Crippen molar-refractivity contribution in [1.82, 2.24) is 20.2 Å². The summed E-state index contributed by atoms with van der Waals surface area (Å²) < 4.78 is 1.06. The number of nitrogens with one attached hydrogen (secondary N) is 1. The zero-order chi connectivity index (χ0) is 17.8. The minimum absolute atomic E-state index is 0.0756. The zero-order valence-electron chi connectivity index (χ0n) is 14.5. The molecule has 0 spiro atoms. The molecule has 1 saturated heterocycles. The van der Waals surface area contributed by atoms with Gasteiger partial charge in [-0.25, -0.2) is 9.97 Å². The Morgan fingerprint density at radius 1 is 1.24 bits per heavy atom. The van der Waals surface area contributed by atoms with Crippen molar-refractivity contribution in [3.8, 4) is 0 Å². The molecule has 0 atom stereocenters. The Bertz CT molecular complexity index is 722. The minimum Gasteiger partial charge on any atom is -0.354 e. The van der Waals surface area contributed by atoms with E-state index in [1.54, 1.807) is 11.3 Å². The zero-order valence-corrected chi connectivity index (χ0v) is 16.9. The topological polar surface area (TPSA) is 61.4 Å². The maximum absolute atomic E-state index is 12.1. The third kappa shape index (κ3) is 5.23. The molecule has 0 unspecified atom stereocenters. The van der Waals surface area contributed by atoms with E-state index >= 15 is 0 Å². The summed E-state index contributed by atoms with van der Waals surface area (Å²) in [6, 6.07) is 4.06. The second kappa shape index (κ2) is 8.25. The normalized spacial score (nSPS) is 15.4. The molecule has 1 aliphatic rings. The molecule has 25 heavy (non-hydrogen) atoms. The highest BCUT2D eigenvalue weighted by Crippen LogP contribution is 2.19. The van der Waals surface area contributed by atoms with Crippen LogP contribution in [0.1, 0.15) is 16.4 Å². The summed E-state index contributed by atoms with van der Waals surface area (Å²) in [6.45, 7) is 8.42. The molecule has 1 N–H and O–H groups in total. The molecule has 0 aromatic carbocycles. The maximum Gasteiger partial charge on any atom is 0.234 e. The lowest BCUT2D eigenvalue weighted by molar-refractivity contribution is -0.122. The van der Waals surface area contributed by atoms with E-state index in [0.717, 1.165) is 52.9 Å². The molecule has 0 aliphatic carbocycles. The van der Waals surface area contributed by atoms with Gasteiger partial charge in [-0.1, -0.05) is 0 Å². The molecule has 3 rings (SSSR count). The van der Waals surface area contributed by atoms with Crippen molar-refractivity contribution in [2.75, 3.05) is 37.6 Å². The van der Waals surface area contributed by atoms with Gasteiger partial charge in [0.15, 0.2) is 0 Å². The van der Waals surface area contributed by atoms with Crippen molar-refractivity contribution >= 4 is 39.0 Å². The van der Waals surface area contributed by atoms with Crippen LogP contribution in [-0.2, 0) is 11.3 Å². The second-order valence-corrected chi connectivity index (χ2v) is 8.10. The summed E-state index contributed by atoms with van der Waals surface area (Å²) in [6.07, 6.45) is 0. The average Bonchev–Trinajstić information content (AvgIpc) is 2.98. The van der Waals surface area contributed by atoms with Crippen LogP contribution in [0.3, 0.4) is 0 Å². The number of rotatable bonds is 5. The number of anilines is 1. The van der Waals surface area contributed by atoms with Crippen LogP contribution >= 0.6 is 27.3 Å². The maximum atomic E-state index is 12.1. The molecule has 8 heteroatoms. The Balaban J connectivity index is 1.45. The van der Waals surface area contributed by atoms with E-state index in [2.05, 4.69) is 41.0 Å². The average molecular weight is 424 g/mol. The summed E-state index contributed by atoms with van der Waals surface area (Å²) in [5.74, 6) is 1.86. The molecule has 1 aliphatic heterocycles. The van der Waals surface area contributed by atoms with Gasteiger partial charge in [0.25, 0.3) is 0 Å². The second-order valence-electron chi connectivity index (χ2n) is 6.19. The lowest BCUT2D eigenvalue weighted by Crippen LogP contribution is -2.49. The number of hydrogen-bond donors (Lipinski definition) is 1. The van der Waals surface area contributed by atoms with Crippen LogP contribution in [0.15, 0.2) is 22.0 Å². The van der Waals surface area contributed by atoms with Gasteiger partial charge in [-0.2, -0.15) is 0 Å². The van der Waals surface area contributed by atoms with Gasteiger partial charge >= 0.3 is 0 Å². The van der Waals surface area contributed by atoms with Gasteiger partial charge in [0, 0.05) is 52.7 Å². The van der Waals surface area contributed by atoms with Gasteiger partial charge in [-0.05, 0) is 35.8 Å². The van der Waals surface area contributed by atoms with Crippen LogP contribution in [0.25, 0.3) is 0 Å². The van der Waals surface area contributed by atoms with Crippen LogP contribution in [0.2, 0.25) is 0 Å². The number of nitrogens with zero attached hydrogens (tertiary/aromatic N) is 4. The number of halogens is 1. The molecule has 0 radical (unpaired) electrons. The summed E-state index contributed by atoms with van der Waals surface area (Å²) >= 11 is 5.07. The van der Waals surface area contributed by atoms with Crippen LogP contribution in [0.5, 0.6) is 0 Å². The first-order valence-electron chi connectivity index (χ1n) is 8.29. The van der Waals surface area contributed by atoms with Crippen molar-refractivity contribution in [1.29, 1.82) is 0 Å². The van der Waals surface area contributed by atoms with E-state index in [4.69, 9.17) is 0 Å². The first kappa shape index (κ1) is 18.3. The molecule has 3 heterocycles. The van der Waals surface area contributed by atoms with Gasteiger partial charge in [0.2, 0.25) is 5.91 Å². The molecule has 2 aromatic rings. The molecule has 6 nitrogen and oxygen atoms in total. The molecule has 0 bridgehead atoms. The van der Waals surface area contributed by atoms with Crippen LogP contribution < -0.4 is 10.2 Å². The summed E-state index contributed by atoms with van der Waals surface area (Å²) in [5, 5.41) is 5.02. The number of carbonyl (C=O) groups excluding carboxylic acids is 1. The van der Waals surface area contributed by atoms with Crippen LogP contribution in [0.4, 0.5) is 5.82 Å². The number of aromatic nitrogens is 2. The Morgan fingerprint density at radius 2 is 2.00 bits per heavy atom. The first-order chi connectivity index (χ1) is 12.0. The first-order valence-corrected chi connectivity index (χ1v) is 9.96. The predicted molar refractivity (Wildman–Crippen MR) is 104 cm³/mol. The largest absolute Gasteiger partial charge is 0.354 e. The highest BCUT2D eigenvalue weighted by atomic mass is 79.9. The Hall–Kier alpha value is -1.51. The number of amides is 1. The van der Waals surface area contributed by atoms with Gasteiger partial charge in [0.1, 0.15) is 11.6 Å². The van der Waals surface area contributed by atoms with E-state index in [1.807, 2.05) is 31.4 Å². The van der Waals surface area contributed by atoms with Crippen molar-refractivity contribution < 1.29 is 4.79 Å². The monoisotopic (exact) mass is 423 g/mol. The number of piperazine rings is 1. The van der Waals surface area contributed by atoms with Crippen molar-refractivity contribution in [3.05, 3.63) is 38.4 Å². The fourth-order valence-corrected chi connectivity index (χ4v) is 4.28. The Kier molecular flexibility index (Phi) is 6.03. The SMILES string of the molecule is Cc1cc(N2CCN(CC(=O)NCc3cc(Br)cs3)CC2)nc(C)n1. The standard InChI is InChI=1S/C17H22BrN5OS/c1-12-7-16(21-13(2)20-12)23-5-3-22(4-6-23)10-17(24)19-9-15-8-14(18)11-25-15/h7-8,11H,3-6,9-10H2,1-2H3,(H,19,24). The van der Waals surface area contributed by atoms with Crippen molar-refractivity contribution in [3.63, 3.8) is 0 Å². The number of thiophene rings is 1. The van der Waals surface area contributed by atoms with Crippen molar-refractivity contribution in [2.45, 2.75) is 20.4 Å². The van der Waals surface area contributed by atoms with Gasteiger partial charge in [-0.15, -0.1) is 11.3 Å². The lowest BCUT2D eigenvalue weighted by atomic mass is 10.3.